The molecule has 4 aromatic heterocycles. The van der Waals surface area contributed by atoms with E-state index in [4.69, 9.17) is 23.8 Å². The Kier molecular flexibility index (Phi) is 6.63. The van der Waals surface area contributed by atoms with Crippen molar-refractivity contribution < 1.29 is 8.83 Å². The van der Waals surface area contributed by atoms with E-state index in [9.17, 15) is 0 Å². The maximum absolute atomic E-state index is 6.71. The van der Waals surface area contributed by atoms with Crippen LogP contribution in [0.15, 0.2) is 191 Å². The van der Waals surface area contributed by atoms with Crippen LogP contribution in [0.3, 0.4) is 0 Å². The van der Waals surface area contributed by atoms with Crippen LogP contribution < -0.4 is 0 Å². The summed E-state index contributed by atoms with van der Waals surface area (Å²) in [5, 5.41) is 11.0. The van der Waals surface area contributed by atoms with Crippen LogP contribution in [-0.2, 0) is 0 Å². The summed E-state index contributed by atoms with van der Waals surface area (Å²) in [4.78, 5) is 15.9. The summed E-state index contributed by atoms with van der Waals surface area (Å²) in [6.45, 7) is 0. The summed E-state index contributed by atoms with van der Waals surface area (Å²) in [6, 6.07) is 63.4. The van der Waals surface area contributed by atoms with Crippen LogP contribution in [0.5, 0.6) is 0 Å². The fourth-order valence-corrected chi connectivity index (χ4v) is 9.03. The van der Waals surface area contributed by atoms with Crippen molar-refractivity contribution >= 4 is 87.2 Å². The fraction of sp³-hybridized carbons (Fsp3) is 0. The van der Waals surface area contributed by atoms with Gasteiger partial charge in [0, 0.05) is 55.1 Å². The minimum Gasteiger partial charge on any atom is -0.456 e. The summed E-state index contributed by atoms with van der Waals surface area (Å²) in [7, 11) is 0. The number of para-hydroxylation sites is 3. The van der Waals surface area contributed by atoms with E-state index in [1.807, 2.05) is 42.5 Å². The zero-order chi connectivity index (χ0) is 38.6. The number of nitrogens with zero attached hydrogens (tertiary/aromatic N) is 4. The largest absolute Gasteiger partial charge is 0.456 e. The molecule has 0 saturated carbocycles. The summed E-state index contributed by atoms with van der Waals surface area (Å²) in [6.07, 6.45) is 0. The van der Waals surface area contributed by atoms with Crippen LogP contribution in [-0.4, -0.2) is 19.5 Å². The van der Waals surface area contributed by atoms with Crippen LogP contribution in [0.25, 0.3) is 127 Å². The van der Waals surface area contributed by atoms with E-state index in [0.29, 0.717) is 17.5 Å². The van der Waals surface area contributed by atoms with Gasteiger partial charge in [-0.25, -0.2) is 15.0 Å². The highest BCUT2D eigenvalue weighted by atomic mass is 16.3. The molecular weight excluding hydrogens is 725 g/mol. The summed E-state index contributed by atoms with van der Waals surface area (Å²) >= 11 is 0. The SMILES string of the molecule is c1ccc2cc(-c3nc(-c4ccc5oc6ccccc6c5c4)nc(-c4cc(-n5c6ccccc6c6cc7ccccc7cc65)cc5oc6ccccc6c45)n3)ccc2c1. The van der Waals surface area contributed by atoms with Crippen molar-refractivity contribution in [2.24, 2.45) is 0 Å². The smallest absolute Gasteiger partial charge is 0.164 e. The van der Waals surface area contributed by atoms with Gasteiger partial charge in [-0.05, 0) is 82.2 Å². The third-order valence-corrected chi connectivity index (χ3v) is 11.8. The number of hydrogen-bond donors (Lipinski definition) is 0. The Morgan fingerprint density at radius 3 is 1.73 bits per heavy atom. The molecule has 0 saturated heterocycles. The number of benzene rings is 9. The van der Waals surface area contributed by atoms with Crippen LogP contribution >= 0.6 is 0 Å². The molecule has 0 aliphatic heterocycles. The topological polar surface area (TPSA) is 69.9 Å². The Morgan fingerprint density at radius 1 is 0.339 bits per heavy atom. The van der Waals surface area contributed by atoms with Crippen molar-refractivity contribution in [1.29, 1.82) is 0 Å². The monoisotopic (exact) mass is 754 g/mol. The van der Waals surface area contributed by atoms with Gasteiger partial charge in [-0.2, -0.15) is 0 Å². The van der Waals surface area contributed by atoms with E-state index < -0.39 is 0 Å². The van der Waals surface area contributed by atoms with Crippen molar-refractivity contribution in [2.75, 3.05) is 0 Å². The lowest BCUT2D eigenvalue weighted by atomic mass is 10.0. The average Bonchev–Trinajstić information content (AvgIpc) is 3.96. The Balaban J connectivity index is 1.12. The van der Waals surface area contributed by atoms with Gasteiger partial charge in [0.25, 0.3) is 0 Å². The Hall–Kier alpha value is -8.09. The molecule has 274 valence electrons. The molecule has 6 nitrogen and oxygen atoms in total. The first-order valence-corrected chi connectivity index (χ1v) is 19.8. The van der Waals surface area contributed by atoms with Gasteiger partial charge in [0.2, 0.25) is 0 Å². The van der Waals surface area contributed by atoms with E-state index in [2.05, 4.69) is 144 Å². The molecule has 0 aliphatic carbocycles. The molecule has 0 bridgehead atoms. The van der Waals surface area contributed by atoms with Crippen molar-refractivity contribution in [1.82, 2.24) is 19.5 Å². The fourth-order valence-electron chi connectivity index (χ4n) is 9.03. The zero-order valence-electron chi connectivity index (χ0n) is 31.4. The molecule has 9 aromatic carbocycles. The molecule has 0 unspecified atom stereocenters. The molecule has 6 heteroatoms. The summed E-state index contributed by atoms with van der Waals surface area (Å²) in [5.41, 5.74) is 9.02. The molecule has 0 fully saturated rings. The first-order chi connectivity index (χ1) is 29.2. The minimum atomic E-state index is 0.555. The molecule has 4 heterocycles. The van der Waals surface area contributed by atoms with Crippen molar-refractivity contribution in [3.8, 4) is 39.9 Å². The van der Waals surface area contributed by atoms with Gasteiger partial charge in [-0.15, -0.1) is 0 Å². The molecule has 13 rings (SSSR count). The third-order valence-electron chi connectivity index (χ3n) is 11.8. The van der Waals surface area contributed by atoms with E-state index in [0.717, 1.165) is 88.1 Å². The molecule has 0 atom stereocenters. The number of rotatable bonds is 4. The normalized spacial score (nSPS) is 12.1. The van der Waals surface area contributed by atoms with Crippen LogP contribution in [0, 0.1) is 0 Å². The van der Waals surface area contributed by atoms with Gasteiger partial charge in [-0.3, -0.25) is 0 Å². The number of fused-ring (bicyclic) bond motifs is 11. The molecule has 0 radical (unpaired) electrons. The number of aromatic nitrogens is 4. The van der Waals surface area contributed by atoms with Gasteiger partial charge >= 0.3 is 0 Å². The Bertz CT molecular complexity index is 3870. The lowest BCUT2D eigenvalue weighted by molar-refractivity contribution is 0.668. The lowest BCUT2D eigenvalue weighted by Gasteiger charge is -2.13. The second kappa shape index (κ2) is 12.2. The molecule has 59 heavy (non-hydrogen) atoms. The second-order valence-electron chi connectivity index (χ2n) is 15.2. The Morgan fingerprint density at radius 2 is 0.915 bits per heavy atom. The van der Waals surface area contributed by atoms with E-state index >= 15 is 0 Å². The highest BCUT2D eigenvalue weighted by molar-refractivity contribution is 6.16. The molecule has 0 N–H and O–H groups in total. The van der Waals surface area contributed by atoms with Crippen LogP contribution in [0.1, 0.15) is 0 Å². The predicted molar refractivity (Wildman–Crippen MR) is 240 cm³/mol. The van der Waals surface area contributed by atoms with Gasteiger partial charge in [0.15, 0.2) is 17.5 Å². The predicted octanol–water partition coefficient (Wildman–Crippen LogP) is 14.1. The highest BCUT2D eigenvalue weighted by Gasteiger charge is 2.22. The maximum Gasteiger partial charge on any atom is 0.164 e. The van der Waals surface area contributed by atoms with Crippen LogP contribution in [0.2, 0.25) is 0 Å². The number of furan rings is 2. The van der Waals surface area contributed by atoms with Gasteiger partial charge in [0.1, 0.15) is 22.3 Å². The minimum absolute atomic E-state index is 0.555. The lowest BCUT2D eigenvalue weighted by Crippen LogP contribution is -2.02. The van der Waals surface area contributed by atoms with Gasteiger partial charge in [-0.1, -0.05) is 115 Å². The van der Waals surface area contributed by atoms with E-state index in [-0.39, 0.29) is 0 Å². The molecule has 0 spiro atoms. The van der Waals surface area contributed by atoms with E-state index in [1.54, 1.807) is 0 Å². The molecule has 0 amide bonds. The van der Waals surface area contributed by atoms with Crippen molar-refractivity contribution in [3.63, 3.8) is 0 Å². The van der Waals surface area contributed by atoms with Gasteiger partial charge in [0.05, 0.1) is 16.7 Å². The average molecular weight is 755 g/mol. The summed E-state index contributed by atoms with van der Waals surface area (Å²) in [5.74, 6) is 1.71. The second-order valence-corrected chi connectivity index (χ2v) is 15.2. The van der Waals surface area contributed by atoms with Crippen LogP contribution in [0.4, 0.5) is 0 Å². The first kappa shape index (κ1) is 32.0. The van der Waals surface area contributed by atoms with E-state index in [1.165, 1.54) is 21.5 Å². The highest BCUT2D eigenvalue weighted by Crippen LogP contribution is 2.42. The standard InChI is InChI=1S/C53H30N4O2/c1-2-12-32-25-35(22-21-31(32)11-1)51-54-52(36-23-24-48-42(27-36)39-16-6-9-19-46(39)58-48)56-53(55-51)43-29-37(30-49-50(43)40-17-7-10-20-47(40)59-49)57-44-18-8-5-15-38(44)41-26-33-13-3-4-14-34(33)28-45(41)57/h1-30H. The molecule has 0 aliphatic rings. The third kappa shape index (κ3) is 4.90. The number of hydrogen-bond acceptors (Lipinski definition) is 5. The zero-order valence-corrected chi connectivity index (χ0v) is 31.4. The Labute approximate surface area is 336 Å². The molecular formula is C53H30N4O2. The van der Waals surface area contributed by atoms with Crippen molar-refractivity contribution in [2.45, 2.75) is 0 Å². The maximum atomic E-state index is 6.71. The first-order valence-electron chi connectivity index (χ1n) is 19.8. The van der Waals surface area contributed by atoms with Crippen molar-refractivity contribution in [3.05, 3.63) is 182 Å². The van der Waals surface area contributed by atoms with Gasteiger partial charge < -0.3 is 13.4 Å². The summed E-state index contributed by atoms with van der Waals surface area (Å²) < 4.78 is 15.3. The quantitative estimate of drug-likeness (QED) is 0.179. The molecule has 13 aromatic rings.